The van der Waals surface area contributed by atoms with Gasteiger partial charge in [0, 0.05) is 5.48 Å². The lowest BCUT2D eigenvalue weighted by Crippen LogP contribution is -2.13. The molecule has 1 aliphatic rings. The number of hydrogen-bond acceptors (Lipinski definition) is 0. The molecule has 0 nitrogen and oxygen atoms in total. The van der Waals surface area contributed by atoms with E-state index in [0.29, 0.717) is 12.0 Å². The highest BCUT2D eigenvalue weighted by molar-refractivity contribution is 5.64. The van der Waals surface area contributed by atoms with Gasteiger partial charge in [0.05, 0.1) is 0 Å². The summed E-state index contributed by atoms with van der Waals surface area (Å²) in [6.07, 6.45) is 0.605. The first-order chi connectivity index (χ1) is 14.0. The first-order valence-electron chi connectivity index (χ1n) is 11.3. The van der Waals surface area contributed by atoms with Crippen molar-refractivity contribution < 1.29 is 18.7 Å². The maximum atomic E-state index is 13.5. The van der Waals surface area contributed by atoms with Crippen molar-refractivity contribution in [2.45, 2.75) is 64.1 Å². The van der Waals surface area contributed by atoms with Crippen molar-refractivity contribution in [1.29, 1.82) is 0 Å². The van der Waals surface area contributed by atoms with Crippen LogP contribution in [-0.2, 0) is 0 Å². The van der Waals surface area contributed by atoms with Gasteiger partial charge in [-0.1, -0.05) is 56.9 Å². The first kappa shape index (κ1) is 14.3. The summed E-state index contributed by atoms with van der Waals surface area (Å²) in [7, 11) is 0. The average Bonchev–Trinajstić information content (AvgIpc) is 2.67. The molecule has 0 aliphatic heterocycles. The van der Waals surface area contributed by atoms with E-state index in [1.165, 1.54) is 0 Å². The van der Waals surface area contributed by atoms with Gasteiger partial charge in [-0.05, 0) is 66.2 Å². The lowest BCUT2D eigenvalue weighted by molar-refractivity contribution is 0.303. The largest absolute Gasteiger partial charge is 0.204 e. The van der Waals surface area contributed by atoms with E-state index >= 15 is 0 Å². The van der Waals surface area contributed by atoms with Gasteiger partial charge in [-0.25, -0.2) is 13.2 Å². The van der Waals surface area contributed by atoms with Crippen LogP contribution in [0, 0.1) is 23.4 Å². The molecule has 1 fully saturated rings. The summed E-state index contributed by atoms with van der Waals surface area (Å²) in [6, 6.07) is 8.66. The summed E-state index contributed by atoms with van der Waals surface area (Å²) < 4.78 is 74.2. The number of unbranched alkanes of at least 4 members (excludes halogenated alkanes) is 2. The van der Waals surface area contributed by atoms with E-state index in [0.717, 1.165) is 37.0 Å². The maximum Gasteiger partial charge on any atom is 0.194 e. The van der Waals surface area contributed by atoms with Gasteiger partial charge in [0.2, 0.25) is 0 Å². The summed E-state index contributed by atoms with van der Waals surface area (Å²) in [4.78, 5) is 0. The van der Waals surface area contributed by atoms with E-state index in [-0.39, 0.29) is 24.3 Å². The SMILES string of the molecule is [2H]C1([2H])CC(c2ccc(-c3cc(F)c(F)c(F)c3)cc2)CC([2H])([2H])C1CCCCC. The van der Waals surface area contributed by atoms with E-state index < -0.39 is 36.1 Å². The second-order valence-corrected chi connectivity index (χ2v) is 6.94. The van der Waals surface area contributed by atoms with Gasteiger partial charge < -0.3 is 0 Å². The van der Waals surface area contributed by atoms with Gasteiger partial charge in [-0.2, -0.15) is 0 Å². The summed E-state index contributed by atoms with van der Waals surface area (Å²) in [6.45, 7) is 2.07. The predicted molar refractivity (Wildman–Crippen MR) is 101 cm³/mol. The smallest absolute Gasteiger partial charge is 0.194 e. The van der Waals surface area contributed by atoms with E-state index in [2.05, 4.69) is 6.92 Å². The van der Waals surface area contributed by atoms with E-state index in [9.17, 15) is 13.2 Å². The monoisotopic (exact) mass is 364 g/mol. The molecule has 0 N–H and O–H groups in total. The Balaban J connectivity index is 1.80. The quantitative estimate of drug-likeness (QED) is 0.365. The molecule has 1 aliphatic carbocycles. The standard InChI is InChI=1S/C23H27F3/c1-2-3-4-5-16-6-8-17(9-7-16)18-10-12-19(13-11-18)20-14-21(24)23(26)22(25)15-20/h10-17H,2-9H2,1H3/i6D2,7D2. The Labute approximate surface area is 160 Å². The maximum absolute atomic E-state index is 13.5. The Kier molecular flexibility index (Phi) is 4.81. The van der Waals surface area contributed by atoms with Crippen LogP contribution in [0.5, 0.6) is 0 Å². The number of rotatable bonds is 6. The molecule has 0 bridgehead atoms. The van der Waals surface area contributed by atoms with Crippen molar-refractivity contribution in [1.82, 2.24) is 0 Å². The van der Waals surface area contributed by atoms with Crippen molar-refractivity contribution in [3.8, 4) is 11.1 Å². The molecule has 0 aromatic heterocycles. The van der Waals surface area contributed by atoms with Crippen LogP contribution in [0.2, 0.25) is 0 Å². The highest BCUT2D eigenvalue weighted by Gasteiger charge is 2.22. The number of benzene rings is 2. The van der Waals surface area contributed by atoms with Gasteiger partial charge in [0.1, 0.15) is 0 Å². The minimum atomic E-state index is -1.61. The summed E-state index contributed by atoms with van der Waals surface area (Å²) in [5, 5.41) is 0. The lowest BCUT2D eigenvalue weighted by atomic mass is 9.77. The zero-order valence-electron chi connectivity index (χ0n) is 19.0. The Morgan fingerprint density at radius 2 is 1.54 bits per heavy atom. The fourth-order valence-electron chi connectivity index (χ4n) is 3.42. The Morgan fingerprint density at radius 3 is 2.12 bits per heavy atom. The molecular weight excluding hydrogens is 333 g/mol. The molecule has 0 unspecified atom stereocenters. The second-order valence-electron chi connectivity index (χ2n) is 6.94. The molecule has 0 radical (unpaired) electrons. The average molecular weight is 364 g/mol. The van der Waals surface area contributed by atoms with Crippen LogP contribution in [0.15, 0.2) is 36.4 Å². The van der Waals surface area contributed by atoms with Crippen LogP contribution < -0.4 is 0 Å². The zero-order chi connectivity index (χ0) is 22.1. The molecule has 0 atom stereocenters. The number of hydrogen-bond donors (Lipinski definition) is 0. The molecule has 2 aromatic carbocycles. The lowest BCUT2D eigenvalue weighted by Gasteiger charge is -2.29. The molecule has 3 rings (SSSR count). The third-order valence-corrected chi connectivity index (χ3v) is 5.02. The molecule has 3 heteroatoms. The summed E-state index contributed by atoms with van der Waals surface area (Å²) in [5.74, 6) is -4.92. The van der Waals surface area contributed by atoms with Crippen molar-refractivity contribution in [2.75, 3.05) is 0 Å². The third kappa shape index (κ3) is 4.49. The van der Waals surface area contributed by atoms with Crippen LogP contribution in [-0.4, -0.2) is 0 Å². The van der Waals surface area contributed by atoms with E-state index in [1.54, 1.807) is 24.3 Å². The molecule has 0 spiro atoms. The van der Waals surface area contributed by atoms with Crippen molar-refractivity contribution in [3.63, 3.8) is 0 Å². The molecule has 0 saturated heterocycles. The van der Waals surface area contributed by atoms with Crippen molar-refractivity contribution in [3.05, 3.63) is 59.4 Å². The highest BCUT2D eigenvalue weighted by atomic mass is 19.2. The van der Waals surface area contributed by atoms with Crippen molar-refractivity contribution in [2.24, 2.45) is 5.92 Å². The van der Waals surface area contributed by atoms with E-state index in [4.69, 9.17) is 5.48 Å². The van der Waals surface area contributed by atoms with Crippen LogP contribution in [0.4, 0.5) is 13.2 Å². The van der Waals surface area contributed by atoms with Gasteiger partial charge in [-0.3, -0.25) is 0 Å². The molecule has 2 aromatic rings. The van der Waals surface area contributed by atoms with Crippen LogP contribution >= 0.6 is 0 Å². The van der Waals surface area contributed by atoms with Crippen LogP contribution in [0.25, 0.3) is 11.1 Å². The molecule has 1 saturated carbocycles. The van der Waals surface area contributed by atoms with Crippen molar-refractivity contribution >= 4 is 0 Å². The molecule has 140 valence electrons. The molecule has 0 heterocycles. The van der Waals surface area contributed by atoms with Crippen LogP contribution in [0.3, 0.4) is 0 Å². The normalized spacial score (nSPS) is 26.5. The molecular formula is C23H27F3. The number of halogens is 3. The zero-order valence-corrected chi connectivity index (χ0v) is 15.0. The van der Waals surface area contributed by atoms with Crippen LogP contribution in [0.1, 0.15) is 75.2 Å². The Morgan fingerprint density at radius 1 is 0.923 bits per heavy atom. The Bertz CT molecular complexity index is 840. The molecule has 0 amide bonds. The van der Waals surface area contributed by atoms with E-state index in [1.807, 2.05) is 0 Å². The highest BCUT2D eigenvalue weighted by Crippen LogP contribution is 2.38. The Hall–Kier alpha value is -1.77. The third-order valence-electron chi connectivity index (χ3n) is 5.02. The fourth-order valence-corrected chi connectivity index (χ4v) is 3.42. The minimum Gasteiger partial charge on any atom is -0.204 e. The first-order valence-corrected chi connectivity index (χ1v) is 9.30. The summed E-state index contributed by atoms with van der Waals surface area (Å²) >= 11 is 0. The summed E-state index contributed by atoms with van der Waals surface area (Å²) in [5.41, 5.74) is 1.51. The molecule has 26 heavy (non-hydrogen) atoms. The predicted octanol–water partition coefficient (Wildman–Crippen LogP) is 7.63. The van der Waals surface area contributed by atoms with Gasteiger partial charge in [0.15, 0.2) is 17.5 Å². The second kappa shape index (κ2) is 8.75. The minimum absolute atomic E-state index is 0.211. The van der Waals surface area contributed by atoms with Gasteiger partial charge in [-0.15, -0.1) is 0 Å². The van der Waals surface area contributed by atoms with Gasteiger partial charge in [0.25, 0.3) is 0 Å². The fraction of sp³-hybridized carbons (Fsp3) is 0.478. The van der Waals surface area contributed by atoms with Gasteiger partial charge >= 0.3 is 0 Å². The topological polar surface area (TPSA) is 0 Å².